The molecule has 1 aromatic carbocycles. The van der Waals surface area contributed by atoms with Gasteiger partial charge in [0.05, 0.1) is 17.7 Å². The zero-order chi connectivity index (χ0) is 13.1. The van der Waals surface area contributed by atoms with Gasteiger partial charge in [-0.3, -0.25) is 19.5 Å². The largest absolute Gasteiger partial charge is 0.350 e. The predicted molar refractivity (Wildman–Crippen MR) is 63.5 cm³/mol. The van der Waals surface area contributed by atoms with Gasteiger partial charge in [0.1, 0.15) is 0 Å². The fourth-order valence-electron chi connectivity index (χ4n) is 1.54. The summed E-state index contributed by atoms with van der Waals surface area (Å²) in [4.78, 5) is 35.2. The Labute approximate surface area is 100 Å². The van der Waals surface area contributed by atoms with Crippen LogP contribution < -0.4 is 11.2 Å². The third-order valence-electron chi connectivity index (χ3n) is 2.42. The van der Waals surface area contributed by atoms with Gasteiger partial charge in [-0.05, 0) is 5.56 Å². The molecule has 92 valence electrons. The molecule has 18 heavy (non-hydrogen) atoms. The summed E-state index contributed by atoms with van der Waals surface area (Å²) in [5.41, 5.74) is -1.52. The number of rotatable bonds is 3. The number of H-pyrrole nitrogens is 1. The summed E-state index contributed by atoms with van der Waals surface area (Å²) in [6, 6.07) is 8.76. The summed E-state index contributed by atoms with van der Waals surface area (Å²) in [6.07, 6.45) is 0.812. The summed E-state index contributed by atoms with van der Waals surface area (Å²) in [5.74, 6) is 0. The molecule has 0 atom stereocenters. The Bertz CT molecular complexity index is 687. The van der Waals surface area contributed by atoms with Crippen LogP contribution >= 0.6 is 0 Å². The zero-order valence-corrected chi connectivity index (χ0v) is 9.20. The monoisotopic (exact) mass is 247 g/mol. The van der Waals surface area contributed by atoms with Crippen molar-refractivity contribution in [2.45, 2.75) is 6.54 Å². The van der Waals surface area contributed by atoms with E-state index in [2.05, 4.69) is 4.98 Å². The SMILES string of the molecule is O=c1[nH]cc([N+](=O)[O-])c(=O)n1Cc1ccccc1. The minimum absolute atomic E-state index is 0.00329. The van der Waals surface area contributed by atoms with Crippen LogP contribution in [0.25, 0.3) is 0 Å². The quantitative estimate of drug-likeness (QED) is 0.630. The van der Waals surface area contributed by atoms with Crippen LogP contribution in [0.15, 0.2) is 46.1 Å². The standard InChI is InChI=1S/C11H9N3O4/c15-10-9(14(17)18)6-12-11(16)13(10)7-8-4-2-1-3-5-8/h1-6H,7H2,(H,12,16). The van der Waals surface area contributed by atoms with Gasteiger partial charge in [-0.25, -0.2) is 4.79 Å². The van der Waals surface area contributed by atoms with Gasteiger partial charge in [0.15, 0.2) is 0 Å². The second kappa shape index (κ2) is 4.66. The summed E-state index contributed by atoms with van der Waals surface area (Å²) in [6.45, 7) is -0.00329. The van der Waals surface area contributed by atoms with Crippen molar-refractivity contribution >= 4 is 5.69 Å². The van der Waals surface area contributed by atoms with E-state index in [4.69, 9.17) is 0 Å². The van der Waals surface area contributed by atoms with Crippen molar-refractivity contribution in [3.63, 3.8) is 0 Å². The summed E-state index contributed by atoms with van der Waals surface area (Å²) >= 11 is 0. The van der Waals surface area contributed by atoms with E-state index in [0.29, 0.717) is 5.56 Å². The number of benzene rings is 1. The summed E-state index contributed by atoms with van der Waals surface area (Å²) < 4.78 is 0.799. The molecule has 0 unspecified atom stereocenters. The van der Waals surface area contributed by atoms with Crippen molar-refractivity contribution in [1.82, 2.24) is 9.55 Å². The highest BCUT2D eigenvalue weighted by atomic mass is 16.6. The van der Waals surface area contributed by atoms with Crippen molar-refractivity contribution in [2.75, 3.05) is 0 Å². The van der Waals surface area contributed by atoms with Gasteiger partial charge in [-0.1, -0.05) is 30.3 Å². The Morgan fingerprint density at radius 2 is 1.89 bits per heavy atom. The summed E-state index contributed by atoms with van der Waals surface area (Å²) in [7, 11) is 0. The van der Waals surface area contributed by atoms with E-state index < -0.39 is 21.9 Å². The number of nitro groups is 1. The van der Waals surface area contributed by atoms with Crippen LogP contribution in [0.4, 0.5) is 5.69 Å². The maximum absolute atomic E-state index is 11.7. The number of nitrogens with one attached hydrogen (secondary N) is 1. The van der Waals surface area contributed by atoms with Crippen molar-refractivity contribution in [1.29, 1.82) is 0 Å². The van der Waals surface area contributed by atoms with E-state index in [-0.39, 0.29) is 6.54 Å². The predicted octanol–water partition coefficient (Wildman–Crippen LogP) is 0.493. The maximum Gasteiger partial charge on any atom is 0.350 e. The molecule has 0 fully saturated rings. The minimum atomic E-state index is -0.910. The number of hydrogen-bond acceptors (Lipinski definition) is 4. The van der Waals surface area contributed by atoms with Crippen LogP contribution in [0.2, 0.25) is 0 Å². The van der Waals surface area contributed by atoms with E-state index in [1.54, 1.807) is 30.3 Å². The molecule has 0 spiro atoms. The topological polar surface area (TPSA) is 98.0 Å². The average Bonchev–Trinajstić information content (AvgIpc) is 2.35. The third kappa shape index (κ3) is 2.19. The van der Waals surface area contributed by atoms with Gasteiger partial charge in [-0.2, -0.15) is 0 Å². The lowest BCUT2D eigenvalue weighted by molar-refractivity contribution is -0.386. The summed E-state index contributed by atoms with van der Waals surface area (Å²) in [5, 5.41) is 10.6. The third-order valence-corrected chi connectivity index (χ3v) is 2.42. The Morgan fingerprint density at radius 3 is 2.50 bits per heavy atom. The lowest BCUT2D eigenvalue weighted by Gasteiger charge is -2.03. The molecular weight excluding hydrogens is 238 g/mol. The van der Waals surface area contributed by atoms with E-state index in [1.807, 2.05) is 0 Å². The first-order valence-electron chi connectivity index (χ1n) is 5.10. The van der Waals surface area contributed by atoms with Crippen molar-refractivity contribution in [3.05, 3.63) is 73.0 Å². The Hall–Kier alpha value is -2.70. The highest BCUT2D eigenvalue weighted by molar-refractivity contribution is 5.22. The first-order chi connectivity index (χ1) is 8.59. The minimum Gasteiger partial charge on any atom is -0.307 e. The molecule has 1 heterocycles. The van der Waals surface area contributed by atoms with E-state index in [0.717, 1.165) is 10.8 Å². The van der Waals surface area contributed by atoms with Crippen LogP contribution in [-0.2, 0) is 6.54 Å². The van der Waals surface area contributed by atoms with E-state index in [9.17, 15) is 19.7 Å². The number of aromatic nitrogens is 2. The van der Waals surface area contributed by atoms with Crippen molar-refractivity contribution in [2.24, 2.45) is 0 Å². The molecule has 1 aromatic heterocycles. The van der Waals surface area contributed by atoms with Gasteiger partial charge < -0.3 is 4.98 Å². The molecule has 0 aliphatic heterocycles. The molecule has 2 aromatic rings. The highest BCUT2D eigenvalue weighted by Crippen LogP contribution is 2.01. The van der Waals surface area contributed by atoms with Crippen LogP contribution in [-0.4, -0.2) is 14.5 Å². The average molecular weight is 247 g/mol. The highest BCUT2D eigenvalue weighted by Gasteiger charge is 2.16. The Kier molecular flexibility index (Phi) is 3.05. The second-order valence-corrected chi connectivity index (χ2v) is 3.61. The zero-order valence-electron chi connectivity index (χ0n) is 9.20. The lowest BCUT2D eigenvalue weighted by Crippen LogP contribution is -2.36. The second-order valence-electron chi connectivity index (χ2n) is 3.61. The molecule has 0 radical (unpaired) electrons. The van der Waals surface area contributed by atoms with Crippen LogP contribution in [0.5, 0.6) is 0 Å². The number of nitrogens with zero attached hydrogens (tertiary/aromatic N) is 2. The number of aromatic amines is 1. The molecule has 7 nitrogen and oxygen atoms in total. The molecule has 0 aliphatic carbocycles. The molecule has 7 heteroatoms. The van der Waals surface area contributed by atoms with Gasteiger partial charge in [-0.15, -0.1) is 0 Å². The van der Waals surface area contributed by atoms with Gasteiger partial charge in [0.2, 0.25) is 0 Å². The smallest absolute Gasteiger partial charge is 0.307 e. The number of hydrogen-bond donors (Lipinski definition) is 1. The van der Waals surface area contributed by atoms with Gasteiger partial charge in [0, 0.05) is 0 Å². The molecule has 2 rings (SSSR count). The van der Waals surface area contributed by atoms with Gasteiger partial charge in [0.25, 0.3) is 0 Å². The molecular formula is C11H9N3O4. The molecule has 1 N–H and O–H groups in total. The fraction of sp³-hybridized carbons (Fsp3) is 0.0909. The van der Waals surface area contributed by atoms with Crippen LogP contribution in [0.3, 0.4) is 0 Å². The first kappa shape index (κ1) is 11.8. The molecule has 0 saturated carbocycles. The van der Waals surface area contributed by atoms with Crippen molar-refractivity contribution < 1.29 is 4.92 Å². The molecule has 0 saturated heterocycles. The van der Waals surface area contributed by atoms with Gasteiger partial charge >= 0.3 is 16.9 Å². The maximum atomic E-state index is 11.7. The fourth-order valence-corrected chi connectivity index (χ4v) is 1.54. The first-order valence-corrected chi connectivity index (χ1v) is 5.10. The Morgan fingerprint density at radius 1 is 1.22 bits per heavy atom. The lowest BCUT2D eigenvalue weighted by atomic mass is 10.2. The van der Waals surface area contributed by atoms with E-state index in [1.165, 1.54) is 0 Å². The molecule has 0 amide bonds. The van der Waals surface area contributed by atoms with Crippen LogP contribution in [0.1, 0.15) is 5.56 Å². The normalized spacial score (nSPS) is 10.2. The molecule has 0 aliphatic rings. The molecule has 0 bridgehead atoms. The Balaban J connectivity index is 2.51. The van der Waals surface area contributed by atoms with Crippen LogP contribution in [0, 0.1) is 10.1 Å². The van der Waals surface area contributed by atoms with E-state index >= 15 is 0 Å². The van der Waals surface area contributed by atoms with Crippen molar-refractivity contribution in [3.8, 4) is 0 Å².